The Morgan fingerprint density at radius 1 is 0.920 bits per heavy atom. The van der Waals surface area contributed by atoms with Gasteiger partial charge >= 0.3 is 0 Å². The van der Waals surface area contributed by atoms with E-state index in [9.17, 15) is 0 Å². The Bertz CT molecular complexity index is 521. The van der Waals surface area contributed by atoms with Gasteiger partial charge in [-0.05, 0) is 84.9 Å². The number of fused-ring (bicyclic) bond motifs is 1. The molecule has 0 unspecified atom stereocenters. The molecule has 0 aliphatic carbocycles. The summed E-state index contributed by atoms with van der Waals surface area (Å²) in [6, 6.07) is 4.15. The van der Waals surface area contributed by atoms with Gasteiger partial charge in [-0.25, -0.2) is 0 Å². The monoisotopic (exact) mass is 351 g/mol. The lowest BCUT2D eigenvalue weighted by atomic mass is 10.1. The Morgan fingerprint density at radius 2 is 1.56 bits per heavy atom. The Morgan fingerprint density at radius 3 is 2.12 bits per heavy atom. The molecule has 0 radical (unpaired) electrons. The maximum absolute atomic E-state index is 5.55. The summed E-state index contributed by atoms with van der Waals surface area (Å²) >= 11 is 0. The molecule has 0 saturated carbocycles. The second-order valence-electron chi connectivity index (χ2n) is 7.12. The Labute approximate surface area is 152 Å². The highest BCUT2D eigenvalue weighted by Gasteiger charge is 2.20. The lowest BCUT2D eigenvalue weighted by Crippen LogP contribution is -2.30. The zero-order valence-electron chi connectivity index (χ0n) is 16.4. The predicted octanol–water partition coefficient (Wildman–Crippen LogP) is 2.13. The van der Waals surface area contributed by atoms with Gasteiger partial charge in [0, 0.05) is 6.54 Å². The second kappa shape index (κ2) is 9.85. The van der Waals surface area contributed by atoms with Gasteiger partial charge < -0.3 is 24.0 Å². The number of ether oxygens (including phenoxy) is 3. The quantitative estimate of drug-likeness (QED) is 0.608. The van der Waals surface area contributed by atoms with Crippen molar-refractivity contribution >= 4 is 0 Å². The van der Waals surface area contributed by atoms with Crippen LogP contribution in [0.2, 0.25) is 0 Å². The van der Waals surface area contributed by atoms with Gasteiger partial charge in [-0.1, -0.05) is 0 Å². The van der Waals surface area contributed by atoms with Crippen molar-refractivity contribution < 1.29 is 14.2 Å². The van der Waals surface area contributed by atoms with Crippen molar-refractivity contribution in [1.29, 1.82) is 0 Å². The Kier molecular flexibility index (Phi) is 7.81. The molecule has 1 aromatic carbocycles. The van der Waals surface area contributed by atoms with Gasteiger partial charge in [-0.2, -0.15) is 0 Å². The van der Waals surface area contributed by atoms with Gasteiger partial charge in [-0.3, -0.25) is 4.90 Å². The zero-order valence-corrected chi connectivity index (χ0v) is 16.4. The van der Waals surface area contributed by atoms with Crippen LogP contribution in [-0.4, -0.2) is 83.0 Å². The molecule has 0 aromatic heterocycles. The van der Waals surface area contributed by atoms with Crippen LogP contribution >= 0.6 is 0 Å². The smallest absolute Gasteiger partial charge is 0.231 e. The topological polar surface area (TPSA) is 37.4 Å². The Hall–Kier alpha value is -1.50. The van der Waals surface area contributed by atoms with Crippen LogP contribution in [0.1, 0.15) is 18.4 Å². The number of hydrogen-bond donors (Lipinski definition) is 0. The fourth-order valence-corrected chi connectivity index (χ4v) is 3.02. The average molecular weight is 351 g/mol. The van der Waals surface area contributed by atoms with Gasteiger partial charge in [0.2, 0.25) is 12.5 Å². The van der Waals surface area contributed by atoms with Crippen LogP contribution in [0, 0.1) is 0 Å². The van der Waals surface area contributed by atoms with Crippen LogP contribution in [0.25, 0.3) is 0 Å². The first kappa shape index (κ1) is 19.8. The van der Waals surface area contributed by atoms with Gasteiger partial charge in [0.15, 0.2) is 11.5 Å². The predicted molar refractivity (Wildman–Crippen MR) is 101 cm³/mol. The minimum atomic E-state index is 0.268. The molecule has 25 heavy (non-hydrogen) atoms. The van der Waals surface area contributed by atoms with E-state index < -0.39 is 0 Å². The van der Waals surface area contributed by atoms with E-state index >= 15 is 0 Å². The SMILES string of the molecule is COc1cc(CN(CCCN(C)C)CCCN(C)C)cc2c1OCO2. The van der Waals surface area contributed by atoms with Gasteiger partial charge in [0.1, 0.15) is 0 Å². The maximum atomic E-state index is 5.55. The summed E-state index contributed by atoms with van der Waals surface area (Å²) in [6.45, 7) is 5.55. The standard InChI is InChI=1S/C19H33N3O3/c1-20(2)8-6-10-22(11-7-9-21(3)4)14-16-12-17(23-5)19-18(13-16)24-15-25-19/h12-13H,6-11,14-15H2,1-5H3. The Balaban J connectivity index is 2.01. The summed E-state index contributed by atoms with van der Waals surface area (Å²) < 4.78 is 16.5. The van der Waals surface area contributed by atoms with Crippen LogP contribution in [0.4, 0.5) is 0 Å². The molecule has 0 amide bonds. The summed E-state index contributed by atoms with van der Waals surface area (Å²) in [6.07, 6.45) is 2.33. The highest BCUT2D eigenvalue weighted by molar-refractivity contribution is 5.55. The largest absolute Gasteiger partial charge is 0.493 e. The van der Waals surface area contributed by atoms with Crippen molar-refractivity contribution in [2.24, 2.45) is 0 Å². The number of benzene rings is 1. The van der Waals surface area contributed by atoms with Crippen LogP contribution < -0.4 is 14.2 Å². The summed E-state index contributed by atoms with van der Waals surface area (Å²) in [5.74, 6) is 2.26. The van der Waals surface area contributed by atoms with E-state index in [4.69, 9.17) is 14.2 Å². The summed E-state index contributed by atoms with van der Waals surface area (Å²) in [7, 11) is 10.2. The molecule has 1 aromatic rings. The third-order valence-corrected chi connectivity index (χ3v) is 4.28. The zero-order chi connectivity index (χ0) is 18.2. The van der Waals surface area contributed by atoms with Crippen molar-refractivity contribution in [2.75, 3.05) is 68.3 Å². The van der Waals surface area contributed by atoms with E-state index in [0.29, 0.717) is 0 Å². The number of nitrogens with zero attached hydrogens (tertiary/aromatic N) is 3. The molecule has 0 fully saturated rings. The first-order chi connectivity index (χ1) is 12.0. The third kappa shape index (κ3) is 6.38. The number of methoxy groups -OCH3 is 1. The minimum Gasteiger partial charge on any atom is -0.493 e. The summed E-state index contributed by atoms with van der Waals surface area (Å²) in [5.41, 5.74) is 1.20. The molecule has 142 valence electrons. The van der Waals surface area contributed by atoms with Crippen LogP contribution in [0.3, 0.4) is 0 Å². The highest BCUT2D eigenvalue weighted by atomic mass is 16.7. The van der Waals surface area contributed by atoms with Crippen molar-refractivity contribution in [3.05, 3.63) is 17.7 Å². The van der Waals surface area contributed by atoms with Crippen molar-refractivity contribution in [3.63, 3.8) is 0 Å². The van der Waals surface area contributed by atoms with Gasteiger partial charge in [0.25, 0.3) is 0 Å². The average Bonchev–Trinajstić information content (AvgIpc) is 3.01. The van der Waals surface area contributed by atoms with E-state index in [1.54, 1.807) is 7.11 Å². The van der Waals surface area contributed by atoms with E-state index in [-0.39, 0.29) is 6.79 Å². The van der Waals surface area contributed by atoms with Gasteiger partial charge in [-0.15, -0.1) is 0 Å². The molecular weight excluding hydrogens is 318 g/mol. The molecule has 1 aliphatic heterocycles. The van der Waals surface area contributed by atoms with E-state index in [0.717, 1.165) is 62.8 Å². The summed E-state index contributed by atoms with van der Waals surface area (Å²) in [5, 5.41) is 0. The van der Waals surface area contributed by atoms with E-state index in [2.05, 4.69) is 55.0 Å². The van der Waals surface area contributed by atoms with Crippen molar-refractivity contribution in [3.8, 4) is 17.2 Å². The van der Waals surface area contributed by atoms with Crippen LogP contribution in [0.5, 0.6) is 17.2 Å². The molecule has 1 heterocycles. The van der Waals surface area contributed by atoms with E-state index in [1.807, 2.05) is 0 Å². The maximum Gasteiger partial charge on any atom is 0.231 e. The molecular formula is C19H33N3O3. The molecule has 1 aliphatic rings. The molecule has 2 rings (SSSR count). The molecule has 6 nitrogen and oxygen atoms in total. The van der Waals surface area contributed by atoms with Crippen molar-refractivity contribution in [1.82, 2.24) is 14.7 Å². The summed E-state index contributed by atoms with van der Waals surface area (Å²) in [4.78, 5) is 6.99. The van der Waals surface area contributed by atoms with Crippen LogP contribution in [-0.2, 0) is 6.54 Å². The molecule has 0 spiro atoms. The molecule has 0 bridgehead atoms. The van der Waals surface area contributed by atoms with Crippen molar-refractivity contribution in [2.45, 2.75) is 19.4 Å². The first-order valence-corrected chi connectivity index (χ1v) is 8.98. The fourth-order valence-electron chi connectivity index (χ4n) is 3.02. The second-order valence-corrected chi connectivity index (χ2v) is 7.12. The minimum absolute atomic E-state index is 0.268. The first-order valence-electron chi connectivity index (χ1n) is 8.98. The van der Waals surface area contributed by atoms with Gasteiger partial charge in [0.05, 0.1) is 7.11 Å². The molecule has 0 saturated heterocycles. The highest BCUT2D eigenvalue weighted by Crippen LogP contribution is 2.42. The number of hydrogen-bond acceptors (Lipinski definition) is 6. The third-order valence-electron chi connectivity index (χ3n) is 4.28. The van der Waals surface area contributed by atoms with Crippen LogP contribution in [0.15, 0.2) is 12.1 Å². The fraction of sp³-hybridized carbons (Fsp3) is 0.684. The number of rotatable bonds is 11. The normalized spacial score (nSPS) is 13.3. The van der Waals surface area contributed by atoms with E-state index in [1.165, 1.54) is 5.56 Å². The molecule has 0 atom stereocenters. The lowest BCUT2D eigenvalue weighted by molar-refractivity contribution is 0.171. The molecule has 6 heteroatoms. The lowest BCUT2D eigenvalue weighted by Gasteiger charge is -2.24. The molecule has 0 N–H and O–H groups in total.